The summed E-state index contributed by atoms with van der Waals surface area (Å²) in [6.07, 6.45) is 0. The maximum atomic E-state index is 6.00. The summed E-state index contributed by atoms with van der Waals surface area (Å²) >= 11 is 2.25. The van der Waals surface area contributed by atoms with Crippen molar-refractivity contribution < 1.29 is 4.74 Å². The monoisotopic (exact) mass is 376 g/mol. The molecule has 0 saturated carbocycles. The average molecular weight is 376 g/mol. The zero-order chi connectivity index (χ0) is 13.9. The number of anilines is 1. The predicted molar refractivity (Wildman–Crippen MR) is 89.6 cm³/mol. The lowest BCUT2D eigenvalue weighted by Gasteiger charge is -2.10. The zero-order valence-electron chi connectivity index (χ0n) is 10.7. The molecule has 3 nitrogen and oxygen atoms in total. The Morgan fingerprint density at radius 1 is 1.05 bits per heavy atom. The quantitative estimate of drug-likeness (QED) is 0.703. The van der Waals surface area contributed by atoms with Gasteiger partial charge in [0.25, 0.3) is 0 Å². The highest BCUT2D eigenvalue weighted by Gasteiger charge is 2.06. The minimum absolute atomic E-state index is 0.420. The molecule has 0 atom stereocenters. The molecule has 0 fully saturated rings. The second kappa shape index (κ2) is 5.66. The van der Waals surface area contributed by atoms with Crippen LogP contribution in [-0.2, 0) is 6.61 Å². The molecule has 0 spiro atoms. The fourth-order valence-corrected chi connectivity index (χ4v) is 2.55. The molecule has 0 bridgehead atoms. The Morgan fingerprint density at radius 3 is 2.65 bits per heavy atom. The fraction of sp³-hybridized carbons (Fsp3) is 0.0625. The minimum Gasteiger partial charge on any atom is -0.488 e. The fourth-order valence-electron chi connectivity index (χ4n) is 2.01. The average Bonchev–Trinajstić information content (AvgIpc) is 2.46. The topological polar surface area (TPSA) is 48.1 Å². The number of hydrogen-bond acceptors (Lipinski definition) is 3. The van der Waals surface area contributed by atoms with Crippen LogP contribution in [0, 0.1) is 3.57 Å². The van der Waals surface area contributed by atoms with Crippen LogP contribution in [0.25, 0.3) is 10.9 Å². The number of aromatic nitrogens is 1. The van der Waals surface area contributed by atoms with Gasteiger partial charge in [0.1, 0.15) is 18.2 Å². The number of nitrogens with two attached hydrogens (primary N) is 1. The molecule has 0 aliphatic rings. The summed E-state index contributed by atoms with van der Waals surface area (Å²) in [6, 6.07) is 17.9. The summed E-state index contributed by atoms with van der Waals surface area (Å²) in [5.41, 5.74) is 7.81. The highest BCUT2D eigenvalue weighted by Crippen LogP contribution is 2.23. The van der Waals surface area contributed by atoms with E-state index < -0.39 is 0 Å². The number of pyridine rings is 1. The summed E-state index contributed by atoms with van der Waals surface area (Å²) in [6.45, 7) is 0.420. The van der Waals surface area contributed by atoms with Crippen LogP contribution in [0.4, 0.5) is 5.82 Å². The van der Waals surface area contributed by atoms with E-state index in [0.717, 1.165) is 25.8 Å². The number of para-hydroxylation sites is 2. The number of nitrogen functional groups attached to an aromatic ring is 1. The van der Waals surface area contributed by atoms with Crippen LogP contribution in [-0.4, -0.2) is 4.98 Å². The Balaban J connectivity index is 1.87. The normalized spacial score (nSPS) is 10.7. The van der Waals surface area contributed by atoms with Crippen molar-refractivity contribution in [2.24, 2.45) is 0 Å². The van der Waals surface area contributed by atoms with Gasteiger partial charge in [0, 0.05) is 10.9 Å². The van der Waals surface area contributed by atoms with Crippen molar-refractivity contribution in [1.82, 2.24) is 4.98 Å². The third kappa shape index (κ3) is 2.70. The van der Waals surface area contributed by atoms with E-state index in [4.69, 9.17) is 10.5 Å². The van der Waals surface area contributed by atoms with E-state index in [1.165, 1.54) is 0 Å². The molecule has 2 N–H and O–H groups in total. The number of ether oxygens (including phenoxy) is 1. The van der Waals surface area contributed by atoms with Gasteiger partial charge in [-0.05, 0) is 46.9 Å². The molecule has 2 aromatic carbocycles. The highest BCUT2D eigenvalue weighted by molar-refractivity contribution is 14.1. The van der Waals surface area contributed by atoms with Gasteiger partial charge in [-0.1, -0.05) is 30.3 Å². The molecule has 0 radical (unpaired) electrons. The van der Waals surface area contributed by atoms with Gasteiger partial charge in [-0.3, -0.25) is 0 Å². The first kappa shape index (κ1) is 13.2. The van der Waals surface area contributed by atoms with Crippen LogP contribution in [0.15, 0.2) is 54.6 Å². The molecule has 3 rings (SSSR count). The predicted octanol–water partition coefficient (Wildman–Crippen LogP) is 4.00. The molecular formula is C16H13IN2O. The summed E-state index contributed by atoms with van der Waals surface area (Å²) in [5, 5.41) is 1.07. The third-order valence-corrected chi connectivity index (χ3v) is 3.95. The Bertz CT molecular complexity index is 758. The first-order valence-electron chi connectivity index (χ1n) is 6.25. The van der Waals surface area contributed by atoms with Gasteiger partial charge in [-0.2, -0.15) is 0 Å². The van der Waals surface area contributed by atoms with Gasteiger partial charge in [0.05, 0.1) is 9.09 Å². The van der Waals surface area contributed by atoms with Gasteiger partial charge in [0.2, 0.25) is 0 Å². The van der Waals surface area contributed by atoms with E-state index in [-0.39, 0.29) is 0 Å². The summed E-state index contributed by atoms with van der Waals surface area (Å²) in [5.74, 6) is 1.38. The number of nitrogens with zero attached hydrogens (tertiary/aromatic N) is 1. The molecular weight excluding hydrogens is 363 g/mol. The van der Waals surface area contributed by atoms with Gasteiger partial charge in [-0.15, -0.1) is 0 Å². The van der Waals surface area contributed by atoms with E-state index in [9.17, 15) is 0 Å². The van der Waals surface area contributed by atoms with E-state index >= 15 is 0 Å². The minimum atomic E-state index is 0.420. The van der Waals surface area contributed by atoms with E-state index in [2.05, 4.69) is 27.6 Å². The van der Waals surface area contributed by atoms with Gasteiger partial charge in [-0.25, -0.2) is 4.98 Å². The Labute approximate surface area is 130 Å². The van der Waals surface area contributed by atoms with Crippen molar-refractivity contribution in [3.05, 3.63) is 63.7 Å². The largest absolute Gasteiger partial charge is 0.488 e. The SMILES string of the molecule is Nc1nc2ccccc2cc1COc1ccccc1I. The second-order valence-electron chi connectivity index (χ2n) is 4.44. The van der Waals surface area contributed by atoms with E-state index in [0.29, 0.717) is 12.4 Å². The first-order valence-corrected chi connectivity index (χ1v) is 7.33. The molecule has 4 heteroatoms. The standard InChI is InChI=1S/C16H13IN2O/c17-13-6-2-4-8-15(13)20-10-12-9-11-5-1-3-7-14(11)19-16(12)18/h1-9H,10H2,(H2,18,19). The van der Waals surface area contributed by atoms with Crippen molar-refractivity contribution in [2.45, 2.75) is 6.61 Å². The molecule has 0 amide bonds. The van der Waals surface area contributed by atoms with Gasteiger partial charge < -0.3 is 10.5 Å². The first-order chi connectivity index (χ1) is 9.74. The molecule has 3 aromatic rings. The maximum absolute atomic E-state index is 6.00. The third-order valence-electron chi connectivity index (χ3n) is 3.06. The molecule has 0 unspecified atom stereocenters. The number of halogens is 1. The van der Waals surface area contributed by atoms with Gasteiger partial charge >= 0.3 is 0 Å². The van der Waals surface area contributed by atoms with Crippen LogP contribution < -0.4 is 10.5 Å². The number of fused-ring (bicyclic) bond motifs is 1. The second-order valence-corrected chi connectivity index (χ2v) is 5.61. The van der Waals surface area contributed by atoms with Crippen molar-refractivity contribution in [3.8, 4) is 5.75 Å². The van der Waals surface area contributed by atoms with Crippen molar-refractivity contribution >= 4 is 39.3 Å². The number of rotatable bonds is 3. The molecule has 20 heavy (non-hydrogen) atoms. The van der Waals surface area contributed by atoms with Crippen molar-refractivity contribution in [1.29, 1.82) is 0 Å². The lowest BCUT2D eigenvalue weighted by Crippen LogP contribution is -2.03. The Kier molecular flexibility index (Phi) is 3.73. The molecule has 1 aromatic heterocycles. The summed E-state index contributed by atoms with van der Waals surface area (Å²) in [7, 11) is 0. The molecule has 0 aliphatic carbocycles. The summed E-state index contributed by atoms with van der Waals surface area (Å²) < 4.78 is 6.91. The molecule has 0 aliphatic heterocycles. The van der Waals surface area contributed by atoms with Crippen molar-refractivity contribution in [3.63, 3.8) is 0 Å². The summed E-state index contributed by atoms with van der Waals surface area (Å²) in [4.78, 5) is 4.41. The number of hydrogen-bond donors (Lipinski definition) is 1. The van der Waals surface area contributed by atoms with E-state index in [1.54, 1.807) is 0 Å². The lowest BCUT2D eigenvalue weighted by molar-refractivity contribution is 0.304. The van der Waals surface area contributed by atoms with E-state index in [1.807, 2.05) is 54.6 Å². The van der Waals surface area contributed by atoms with Crippen LogP contribution in [0.3, 0.4) is 0 Å². The van der Waals surface area contributed by atoms with Crippen LogP contribution in [0.1, 0.15) is 5.56 Å². The van der Waals surface area contributed by atoms with Crippen LogP contribution >= 0.6 is 22.6 Å². The van der Waals surface area contributed by atoms with Gasteiger partial charge in [0.15, 0.2) is 0 Å². The maximum Gasteiger partial charge on any atom is 0.133 e. The lowest BCUT2D eigenvalue weighted by atomic mass is 10.1. The van der Waals surface area contributed by atoms with Crippen LogP contribution in [0.5, 0.6) is 5.75 Å². The van der Waals surface area contributed by atoms with Crippen molar-refractivity contribution in [2.75, 3.05) is 5.73 Å². The molecule has 0 saturated heterocycles. The highest BCUT2D eigenvalue weighted by atomic mass is 127. The number of benzene rings is 2. The smallest absolute Gasteiger partial charge is 0.133 e. The zero-order valence-corrected chi connectivity index (χ0v) is 12.9. The Morgan fingerprint density at radius 2 is 1.80 bits per heavy atom. The molecule has 100 valence electrons. The molecule has 1 heterocycles. The Hall–Kier alpha value is -1.82. The van der Waals surface area contributed by atoms with Crippen LogP contribution in [0.2, 0.25) is 0 Å².